The first-order valence-electron chi connectivity index (χ1n) is 5.64. The molecule has 0 heterocycles. The molecule has 20 heavy (non-hydrogen) atoms. The lowest BCUT2D eigenvalue weighted by molar-refractivity contribution is -0.116. The molecule has 0 saturated carbocycles. The minimum atomic E-state index is -4.07. The molecule has 0 fully saturated rings. The summed E-state index contributed by atoms with van der Waals surface area (Å²) in [7, 11) is -4.07. The predicted octanol–water partition coefficient (Wildman–Crippen LogP) is 1.94. The second kappa shape index (κ2) is 7.41. The molecule has 0 aliphatic carbocycles. The van der Waals surface area contributed by atoms with Crippen LogP contribution in [0.2, 0.25) is 0 Å². The van der Waals surface area contributed by atoms with Crippen LogP contribution >= 0.6 is 11.8 Å². The average molecular weight is 318 g/mol. The van der Waals surface area contributed by atoms with Gasteiger partial charge in [0.05, 0.1) is 5.75 Å². The van der Waals surface area contributed by atoms with E-state index in [4.69, 9.17) is 9.29 Å². The third kappa shape index (κ3) is 7.27. The van der Waals surface area contributed by atoms with Gasteiger partial charge in [0, 0.05) is 12.2 Å². The lowest BCUT2D eigenvalue weighted by Crippen LogP contribution is -2.09. The zero-order valence-corrected chi connectivity index (χ0v) is 12.4. The first-order valence-corrected chi connectivity index (χ1v) is 8.24. The van der Waals surface area contributed by atoms with Gasteiger partial charge in [-0.15, -0.1) is 0 Å². The predicted molar refractivity (Wildman–Crippen MR) is 75.7 cm³/mol. The van der Waals surface area contributed by atoms with Gasteiger partial charge < -0.3 is 4.74 Å². The van der Waals surface area contributed by atoms with Crippen LogP contribution in [0.15, 0.2) is 24.3 Å². The fourth-order valence-electron chi connectivity index (χ4n) is 1.32. The van der Waals surface area contributed by atoms with E-state index in [1.54, 1.807) is 24.3 Å². The summed E-state index contributed by atoms with van der Waals surface area (Å²) in [5.41, 5.74) is 0.816. The Morgan fingerprint density at radius 1 is 1.25 bits per heavy atom. The molecule has 0 aliphatic rings. The molecular formula is C12H14O6S2. The van der Waals surface area contributed by atoms with Crippen molar-refractivity contribution in [3.05, 3.63) is 29.8 Å². The summed E-state index contributed by atoms with van der Waals surface area (Å²) < 4.78 is 34.4. The number of Topliss-reactive ketones (excluding diaryl/α,β-unsaturated/α-hetero) is 1. The smallest absolute Gasteiger partial charge is 0.372 e. The van der Waals surface area contributed by atoms with Gasteiger partial charge in [-0.3, -0.25) is 9.35 Å². The second-order valence-corrected chi connectivity index (χ2v) is 6.61. The molecule has 0 radical (unpaired) electrons. The van der Waals surface area contributed by atoms with Gasteiger partial charge in [0.2, 0.25) is 0 Å². The fraction of sp³-hybridized carbons (Fsp3) is 0.333. The molecule has 0 unspecified atom stereocenters. The maximum atomic E-state index is 11.4. The van der Waals surface area contributed by atoms with E-state index in [0.717, 1.165) is 5.56 Å². The molecule has 1 N–H and O–H groups in total. The Labute approximate surface area is 121 Å². The molecular weight excluding hydrogens is 304 g/mol. The number of carbonyl (C=O) groups excluding carboxylic acids is 2. The normalized spacial score (nSPS) is 11.1. The number of carbonyl (C=O) groups is 2. The largest absolute Gasteiger partial charge is 0.418 e. The topological polar surface area (TPSA) is 97.7 Å². The minimum absolute atomic E-state index is 0.0375. The van der Waals surface area contributed by atoms with E-state index >= 15 is 0 Å². The Hall–Kier alpha value is -1.38. The van der Waals surface area contributed by atoms with Crippen molar-refractivity contribution >= 4 is 33.0 Å². The first kappa shape index (κ1) is 16.7. The van der Waals surface area contributed by atoms with Gasteiger partial charge >= 0.3 is 5.30 Å². The Morgan fingerprint density at radius 3 is 2.35 bits per heavy atom. The molecule has 0 amide bonds. The summed E-state index contributed by atoms with van der Waals surface area (Å²) in [6, 6.07) is 6.46. The number of rotatable bonds is 6. The van der Waals surface area contributed by atoms with Crippen LogP contribution in [-0.4, -0.2) is 35.6 Å². The van der Waals surface area contributed by atoms with Gasteiger partial charge in [0.1, 0.15) is 11.5 Å². The third-order valence-electron chi connectivity index (χ3n) is 2.14. The zero-order valence-electron chi connectivity index (χ0n) is 10.7. The standard InChI is InChI=1S/C12H14O6S2/c1-9(13)8-10-2-4-11(5-3-10)18-12(14)19-6-7-20(15,16)17/h2-5H,6-8H2,1H3,(H,15,16,17). The summed E-state index contributed by atoms with van der Waals surface area (Å²) in [5, 5.41) is -0.659. The number of hydrogen-bond donors (Lipinski definition) is 1. The maximum Gasteiger partial charge on any atom is 0.372 e. The molecule has 0 spiro atoms. The van der Waals surface area contributed by atoms with Crippen LogP contribution in [-0.2, 0) is 21.3 Å². The first-order chi connectivity index (χ1) is 9.26. The van der Waals surface area contributed by atoms with Crippen LogP contribution in [0, 0.1) is 0 Å². The quantitative estimate of drug-likeness (QED) is 0.632. The lowest BCUT2D eigenvalue weighted by atomic mass is 10.1. The Bertz CT molecular complexity index is 576. The molecule has 6 nitrogen and oxygen atoms in total. The number of ether oxygens (including phenoxy) is 1. The molecule has 0 bridgehead atoms. The van der Waals surface area contributed by atoms with Gasteiger partial charge in [-0.05, 0) is 36.4 Å². The van der Waals surface area contributed by atoms with Gasteiger partial charge in [0.15, 0.2) is 0 Å². The summed E-state index contributed by atoms with van der Waals surface area (Å²) in [4.78, 5) is 22.3. The van der Waals surface area contributed by atoms with Crippen molar-refractivity contribution in [1.29, 1.82) is 0 Å². The summed E-state index contributed by atoms with van der Waals surface area (Å²) in [5.74, 6) is -0.248. The highest BCUT2D eigenvalue weighted by Gasteiger charge is 2.10. The van der Waals surface area contributed by atoms with Gasteiger partial charge in [0.25, 0.3) is 10.1 Å². The van der Waals surface area contributed by atoms with Crippen molar-refractivity contribution in [2.24, 2.45) is 0 Å². The number of hydrogen-bond acceptors (Lipinski definition) is 6. The van der Waals surface area contributed by atoms with Gasteiger partial charge in [-0.2, -0.15) is 8.42 Å². The van der Waals surface area contributed by atoms with Crippen molar-refractivity contribution in [1.82, 2.24) is 0 Å². The minimum Gasteiger partial charge on any atom is -0.418 e. The number of thioether (sulfide) groups is 1. The summed E-state index contributed by atoms with van der Waals surface area (Å²) >= 11 is 0.659. The highest BCUT2D eigenvalue weighted by Crippen LogP contribution is 2.16. The van der Waals surface area contributed by atoms with Crippen molar-refractivity contribution in [3.63, 3.8) is 0 Å². The molecule has 110 valence electrons. The zero-order chi connectivity index (χ0) is 15.2. The van der Waals surface area contributed by atoms with Crippen LogP contribution in [0.25, 0.3) is 0 Å². The molecule has 0 atom stereocenters. The monoisotopic (exact) mass is 318 g/mol. The molecule has 0 aromatic heterocycles. The molecule has 8 heteroatoms. The SMILES string of the molecule is CC(=O)Cc1ccc(OC(=O)SCCS(=O)(=O)O)cc1. The fourth-order valence-corrected chi connectivity index (χ4v) is 2.82. The van der Waals surface area contributed by atoms with E-state index in [9.17, 15) is 18.0 Å². The second-order valence-electron chi connectivity index (χ2n) is 4.01. The maximum absolute atomic E-state index is 11.4. The van der Waals surface area contributed by atoms with Crippen molar-refractivity contribution in [3.8, 4) is 5.75 Å². The van der Waals surface area contributed by atoms with Crippen molar-refractivity contribution < 1.29 is 27.3 Å². The third-order valence-corrected chi connectivity index (χ3v) is 3.84. The van der Waals surface area contributed by atoms with E-state index in [0.29, 0.717) is 23.9 Å². The molecule has 1 aromatic carbocycles. The molecule has 1 rings (SSSR count). The Morgan fingerprint density at radius 2 is 1.85 bits per heavy atom. The van der Waals surface area contributed by atoms with E-state index in [1.165, 1.54) is 6.92 Å². The van der Waals surface area contributed by atoms with Crippen LogP contribution in [0.4, 0.5) is 4.79 Å². The molecule has 1 aromatic rings. The van der Waals surface area contributed by atoms with Gasteiger partial charge in [-0.1, -0.05) is 12.1 Å². The van der Waals surface area contributed by atoms with Crippen LogP contribution < -0.4 is 4.74 Å². The van der Waals surface area contributed by atoms with Crippen molar-refractivity contribution in [2.75, 3.05) is 11.5 Å². The van der Waals surface area contributed by atoms with E-state index in [1.807, 2.05) is 0 Å². The van der Waals surface area contributed by atoms with Gasteiger partial charge in [-0.25, -0.2) is 4.79 Å². The van der Waals surface area contributed by atoms with E-state index in [2.05, 4.69) is 0 Å². The number of benzene rings is 1. The van der Waals surface area contributed by atoms with Crippen LogP contribution in [0.1, 0.15) is 12.5 Å². The Kier molecular flexibility index (Phi) is 6.18. The molecule has 0 saturated heterocycles. The van der Waals surface area contributed by atoms with E-state index < -0.39 is 21.2 Å². The highest BCUT2D eigenvalue weighted by atomic mass is 32.2. The van der Waals surface area contributed by atoms with Crippen molar-refractivity contribution in [2.45, 2.75) is 13.3 Å². The summed E-state index contributed by atoms with van der Waals surface area (Å²) in [6.07, 6.45) is 0.317. The number of ketones is 1. The summed E-state index contributed by atoms with van der Waals surface area (Å²) in [6.45, 7) is 1.49. The van der Waals surface area contributed by atoms with Crippen LogP contribution in [0.3, 0.4) is 0 Å². The van der Waals surface area contributed by atoms with E-state index in [-0.39, 0.29) is 11.5 Å². The van der Waals surface area contributed by atoms with Crippen LogP contribution in [0.5, 0.6) is 5.75 Å². The Balaban J connectivity index is 2.44. The average Bonchev–Trinajstić information content (AvgIpc) is 2.29. The highest BCUT2D eigenvalue weighted by molar-refractivity contribution is 8.13. The lowest BCUT2D eigenvalue weighted by Gasteiger charge is -2.04. The molecule has 0 aliphatic heterocycles.